The van der Waals surface area contributed by atoms with Gasteiger partial charge >= 0.3 is 5.97 Å². The minimum atomic E-state index is -0.368. The summed E-state index contributed by atoms with van der Waals surface area (Å²) < 4.78 is 4.46. The summed E-state index contributed by atoms with van der Waals surface area (Å²) in [5.74, 6) is -0.791. The quantitative estimate of drug-likeness (QED) is 0.611. The standard InChI is InChI=1S/C15H18N2O4/c1-11(18)17-13-6-3-12(4-7-13)5-8-14(19)16-10-9-15(20)21-2/h3-8H,9-10H2,1-2H3,(H,16,19)(H,17,18)/b8-5+. The number of anilines is 1. The van der Waals surface area contributed by atoms with Crippen LogP contribution in [0.1, 0.15) is 18.9 Å². The Kier molecular flexibility index (Phi) is 6.67. The van der Waals surface area contributed by atoms with Crippen molar-refractivity contribution in [3.8, 4) is 0 Å². The lowest BCUT2D eigenvalue weighted by molar-refractivity contribution is -0.140. The molecule has 1 aromatic rings. The maximum Gasteiger partial charge on any atom is 0.307 e. The Morgan fingerprint density at radius 2 is 1.86 bits per heavy atom. The number of nitrogens with one attached hydrogen (secondary N) is 2. The lowest BCUT2D eigenvalue weighted by atomic mass is 10.2. The number of benzene rings is 1. The second-order valence-electron chi connectivity index (χ2n) is 4.25. The van der Waals surface area contributed by atoms with Gasteiger partial charge in [-0.05, 0) is 23.8 Å². The highest BCUT2D eigenvalue weighted by molar-refractivity contribution is 5.92. The molecule has 0 aromatic heterocycles. The number of ether oxygens (including phenoxy) is 1. The molecule has 21 heavy (non-hydrogen) atoms. The van der Waals surface area contributed by atoms with Crippen LogP contribution in [0.25, 0.3) is 6.08 Å². The van der Waals surface area contributed by atoms with Gasteiger partial charge in [0.1, 0.15) is 0 Å². The third-order valence-corrected chi connectivity index (χ3v) is 2.51. The normalized spacial score (nSPS) is 10.2. The summed E-state index contributed by atoms with van der Waals surface area (Å²) >= 11 is 0. The average molecular weight is 290 g/mol. The minimum Gasteiger partial charge on any atom is -0.469 e. The Bertz CT molecular complexity index is 535. The van der Waals surface area contributed by atoms with Gasteiger partial charge in [0.25, 0.3) is 0 Å². The van der Waals surface area contributed by atoms with Gasteiger partial charge in [0, 0.05) is 25.2 Å². The second kappa shape index (κ2) is 8.52. The molecule has 0 atom stereocenters. The zero-order valence-corrected chi connectivity index (χ0v) is 12.0. The van der Waals surface area contributed by atoms with Gasteiger partial charge in [0.15, 0.2) is 0 Å². The minimum absolute atomic E-state index is 0.136. The first-order chi connectivity index (χ1) is 10.0. The molecule has 0 aliphatic carbocycles. The third kappa shape index (κ3) is 6.91. The van der Waals surface area contributed by atoms with Crippen LogP contribution in [0.5, 0.6) is 0 Å². The Balaban J connectivity index is 2.43. The first-order valence-electron chi connectivity index (χ1n) is 6.41. The summed E-state index contributed by atoms with van der Waals surface area (Å²) in [5.41, 5.74) is 1.52. The summed E-state index contributed by atoms with van der Waals surface area (Å²) in [5, 5.41) is 5.23. The van der Waals surface area contributed by atoms with E-state index >= 15 is 0 Å². The third-order valence-electron chi connectivity index (χ3n) is 2.51. The molecule has 0 heterocycles. The molecule has 0 saturated carbocycles. The Labute approximate surface area is 123 Å². The predicted octanol–water partition coefficient (Wildman–Crippen LogP) is 1.34. The molecule has 0 bridgehead atoms. The van der Waals surface area contributed by atoms with Crippen LogP contribution in [0.3, 0.4) is 0 Å². The van der Waals surface area contributed by atoms with Gasteiger partial charge < -0.3 is 15.4 Å². The van der Waals surface area contributed by atoms with Crippen molar-refractivity contribution >= 4 is 29.5 Å². The molecule has 0 spiro atoms. The molecule has 2 N–H and O–H groups in total. The number of methoxy groups -OCH3 is 1. The fourth-order valence-corrected chi connectivity index (χ4v) is 1.50. The lowest BCUT2D eigenvalue weighted by Gasteiger charge is -2.02. The predicted molar refractivity (Wildman–Crippen MR) is 79.4 cm³/mol. The van der Waals surface area contributed by atoms with E-state index in [2.05, 4.69) is 15.4 Å². The summed E-state index contributed by atoms with van der Waals surface area (Å²) in [7, 11) is 1.30. The van der Waals surface area contributed by atoms with Gasteiger partial charge in [-0.25, -0.2) is 0 Å². The van der Waals surface area contributed by atoms with Crippen molar-refractivity contribution in [3.63, 3.8) is 0 Å². The SMILES string of the molecule is COC(=O)CCNC(=O)/C=C/c1ccc(NC(C)=O)cc1. The largest absolute Gasteiger partial charge is 0.469 e. The molecule has 6 nitrogen and oxygen atoms in total. The van der Waals surface area contributed by atoms with Gasteiger partial charge in [-0.2, -0.15) is 0 Å². The van der Waals surface area contributed by atoms with Crippen molar-refractivity contribution in [2.24, 2.45) is 0 Å². The van der Waals surface area contributed by atoms with Crippen molar-refractivity contribution in [3.05, 3.63) is 35.9 Å². The van der Waals surface area contributed by atoms with Gasteiger partial charge in [-0.1, -0.05) is 12.1 Å². The van der Waals surface area contributed by atoms with E-state index in [0.29, 0.717) is 5.69 Å². The highest BCUT2D eigenvalue weighted by Gasteiger charge is 2.01. The Morgan fingerprint density at radius 1 is 1.19 bits per heavy atom. The van der Waals surface area contributed by atoms with Gasteiger partial charge in [0.05, 0.1) is 13.5 Å². The van der Waals surface area contributed by atoms with Gasteiger partial charge in [0.2, 0.25) is 11.8 Å². The summed E-state index contributed by atoms with van der Waals surface area (Å²) in [6.45, 7) is 1.67. The van der Waals surface area contributed by atoms with Crippen molar-refractivity contribution in [2.45, 2.75) is 13.3 Å². The fraction of sp³-hybridized carbons (Fsp3) is 0.267. The number of amides is 2. The highest BCUT2D eigenvalue weighted by atomic mass is 16.5. The van der Waals surface area contributed by atoms with E-state index in [0.717, 1.165) is 5.56 Å². The molecular formula is C15H18N2O4. The van der Waals surface area contributed by atoms with Crippen molar-refractivity contribution in [2.75, 3.05) is 19.0 Å². The van der Waals surface area contributed by atoms with Crippen LogP contribution in [0.15, 0.2) is 30.3 Å². The highest BCUT2D eigenvalue weighted by Crippen LogP contribution is 2.10. The van der Waals surface area contributed by atoms with E-state index in [-0.39, 0.29) is 30.7 Å². The Morgan fingerprint density at radius 3 is 2.43 bits per heavy atom. The van der Waals surface area contributed by atoms with Crippen LogP contribution in [0, 0.1) is 0 Å². The molecule has 0 aliphatic rings. The topological polar surface area (TPSA) is 84.5 Å². The molecule has 1 aromatic carbocycles. The second-order valence-corrected chi connectivity index (χ2v) is 4.25. The lowest BCUT2D eigenvalue weighted by Crippen LogP contribution is -2.24. The van der Waals surface area contributed by atoms with E-state index in [9.17, 15) is 14.4 Å². The number of carbonyl (C=O) groups excluding carboxylic acids is 3. The van der Waals surface area contributed by atoms with Crippen molar-refractivity contribution in [1.29, 1.82) is 0 Å². The number of hydrogen-bond acceptors (Lipinski definition) is 4. The Hall–Kier alpha value is -2.63. The number of esters is 1. The van der Waals surface area contributed by atoms with Crippen LogP contribution < -0.4 is 10.6 Å². The monoisotopic (exact) mass is 290 g/mol. The van der Waals surface area contributed by atoms with E-state index in [1.807, 2.05) is 0 Å². The zero-order chi connectivity index (χ0) is 15.7. The molecule has 6 heteroatoms. The van der Waals surface area contributed by atoms with Crippen molar-refractivity contribution in [1.82, 2.24) is 5.32 Å². The average Bonchev–Trinajstić information content (AvgIpc) is 2.45. The number of rotatable bonds is 6. The smallest absolute Gasteiger partial charge is 0.307 e. The van der Waals surface area contributed by atoms with Crippen LogP contribution in [0.2, 0.25) is 0 Å². The van der Waals surface area contributed by atoms with Crippen LogP contribution in [-0.4, -0.2) is 31.4 Å². The first kappa shape index (κ1) is 16.4. The summed E-state index contributed by atoms with van der Waals surface area (Å²) in [6, 6.07) is 7.06. The maximum absolute atomic E-state index is 11.5. The van der Waals surface area contributed by atoms with Crippen LogP contribution in [0.4, 0.5) is 5.69 Å². The molecule has 2 amide bonds. The molecule has 0 aliphatic heterocycles. The summed E-state index contributed by atoms with van der Waals surface area (Å²) in [4.78, 5) is 33.2. The van der Waals surface area contributed by atoms with Crippen molar-refractivity contribution < 1.29 is 19.1 Å². The maximum atomic E-state index is 11.5. The molecule has 0 unspecified atom stereocenters. The first-order valence-corrected chi connectivity index (χ1v) is 6.41. The van der Waals surface area contributed by atoms with Gasteiger partial charge in [-0.15, -0.1) is 0 Å². The molecule has 112 valence electrons. The molecule has 0 radical (unpaired) electrons. The molecule has 1 rings (SSSR count). The van der Waals surface area contributed by atoms with E-state index in [1.54, 1.807) is 30.3 Å². The van der Waals surface area contributed by atoms with E-state index in [4.69, 9.17) is 0 Å². The van der Waals surface area contributed by atoms with E-state index in [1.165, 1.54) is 20.1 Å². The number of hydrogen-bond donors (Lipinski definition) is 2. The molecule has 0 fully saturated rings. The molecule has 0 saturated heterocycles. The fourth-order valence-electron chi connectivity index (χ4n) is 1.50. The molecular weight excluding hydrogens is 272 g/mol. The summed E-state index contributed by atoms with van der Waals surface area (Å²) in [6.07, 6.45) is 3.16. The van der Waals surface area contributed by atoms with E-state index < -0.39 is 0 Å². The van der Waals surface area contributed by atoms with Crippen LogP contribution in [-0.2, 0) is 19.1 Å². The number of carbonyl (C=O) groups is 3. The zero-order valence-electron chi connectivity index (χ0n) is 12.0. The van der Waals surface area contributed by atoms with Gasteiger partial charge in [-0.3, -0.25) is 14.4 Å². The van der Waals surface area contributed by atoms with Crippen LogP contribution >= 0.6 is 0 Å².